The van der Waals surface area contributed by atoms with Crippen LogP contribution in [0.1, 0.15) is 43.7 Å². The Hall–Kier alpha value is -0.540. The van der Waals surface area contributed by atoms with Crippen LogP contribution < -0.4 is 5.73 Å². The van der Waals surface area contributed by atoms with Gasteiger partial charge in [-0.3, -0.25) is 4.68 Å². The summed E-state index contributed by atoms with van der Waals surface area (Å²) in [5.74, 6) is 0.597. The molecule has 1 fully saturated rings. The molecule has 2 rings (SSSR count). The van der Waals surface area contributed by atoms with E-state index in [1.54, 1.807) is 6.20 Å². The molecule has 0 radical (unpaired) electrons. The van der Waals surface area contributed by atoms with Crippen LogP contribution in [-0.4, -0.2) is 16.3 Å². The summed E-state index contributed by atoms with van der Waals surface area (Å²) in [6, 6.07) is 0. The van der Waals surface area contributed by atoms with Gasteiger partial charge in [0.1, 0.15) is 0 Å². The van der Waals surface area contributed by atoms with Gasteiger partial charge in [-0.15, -0.1) is 0 Å². The van der Waals surface area contributed by atoms with Gasteiger partial charge in [-0.05, 0) is 12.8 Å². The summed E-state index contributed by atoms with van der Waals surface area (Å²) < 4.78 is 1.98. The standard InChI is InChI=1S/C11H18ClN3/c12-10-8-14-15(7-6-13)11(10)9-4-2-1-3-5-9/h8-9H,1-7,13H2. The molecule has 0 spiro atoms. The third-order valence-corrected chi connectivity index (χ3v) is 3.46. The summed E-state index contributed by atoms with van der Waals surface area (Å²) >= 11 is 6.19. The first-order valence-corrected chi connectivity index (χ1v) is 6.12. The van der Waals surface area contributed by atoms with Crippen molar-refractivity contribution >= 4 is 11.6 Å². The Morgan fingerprint density at radius 1 is 1.40 bits per heavy atom. The van der Waals surface area contributed by atoms with Crippen LogP contribution in [0, 0.1) is 0 Å². The number of rotatable bonds is 3. The van der Waals surface area contributed by atoms with E-state index in [0.29, 0.717) is 12.5 Å². The topological polar surface area (TPSA) is 43.8 Å². The molecule has 3 nitrogen and oxygen atoms in total. The fourth-order valence-electron chi connectivity index (χ4n) is 2.45. The van der Waals surface area contributed by atoms with Gasteiger partial charge in [0.05, 0.1) is 23.5 Å². The van der Waals surface area contributed by atoms with Crippen molar-refractivity contribution < 1.29 is 0 Å². The fourth-order valence-corrected chi connectivity index (χ4v) is 2.75. The summed E-state index contributed by atoms with van der Waals surface area (Å²) in [4.78, 5) is 0. The minimum atomic E-state index is 0.597. The quantitative estimate of drug-likeness (QED) is 0.863. The Kier molecular flexibility index (Phi) is 3.65. The van der Waals surface area contributed by atoms with Crippen molar-refractivity contribution in [3.05, 3.63) is 16.9 Å². The van der Waals surface area contributed by atoms with Gasteiger partial charge in [0.2, 0.25) is 0 Å². The molecule has 0 bridgehead atoms. The Morgan fingerprint density at radius 2 is 2.13 bits per heavy atom. The zero-order valence-electron chi connectivity index (χ0n) is 8.95. The average molecular weight is 228 g/mol. The molecule has 1 aromatic heterocycles. The number of nitrogens with two attached hydrogens (primary N) is 1. The van der Waals surface area contributed by atoms with Crippen molar-refractivity contribution in [2.24, 2.45) is 5.73 Å². The van der Waals surface area contributed by atoms with E-state index in [4.69, 9.17) is 17.3 Å². The minimum absolute atomic E-state index is 0.597. The first kappa shape index (κ1) is 11.0. The van der Waals surface area contributed by atoms with E-state index in [-0.39, 0.29) is 0 Å². The summed E-state index contributed by atoms with van der Waals surface area (Å²) in [6.07, 6.45) is 8.23. The maximum absolute atomic E-state index is 6.19. The normalized spacial score (nSPS) is 18.3. The molecule has 0 amide bonds. The van der Waals surface area contributed by atoms with Crippen LogP contribution in [0.25, 0.3) is 0 Å². The van der Waals surface area contributed by atoms with E-state index in [2.05, 4.69) is 5.10 Å². The van der Waals surface area contributed by atoms with Crippen molar-refractivity contribution in [2.45, 2.75) is 44.6 Å². The molecule has 1 saturated carbocycles. The molecular formula is C11H18ClN3. The SMILES string of the molecule is NCCn1ncc(Cl)c1C1CCCCC1. The summed E-state index contributed by atoms with van der Waals surface area (Å²) in [5.41, 5.74) is 6.77. The van der Waals surface area contributed by atoms with E-state index in [0.717, 1.165) is 11.6 Å². The Bertz CT molecular complexity index is 316. The molecule has 1 aliphatic carbocycles. The van der Waals surface area contributed by atoms with Crippen molar-refractivity contribution in [2.75, 3.05) is 6.54 Å². The highest BCUT2D eigenvalue weighted by Gasteiger charge is 2.22. The van der Waals surface area contributed by atoms with Crippen LogP contribution in [0.2, 0.25) is 5.02 Å². The molecule has 0 aliphatic heterocycles. The highest BCUT2D eigenvalue weighted by Crippen LogP contribution is 2.35. The second-order valence-electron chi connectivity index (χ2n) is 4.22. The van der Waals surface area contributed by atoms with Crippen molar-refractivity contribution in [3.63, 3.8) is 0 Å². The van der Waals surface area contributed by atoms with Crippen LogP contribution >= 0.6 is 11.6 Å². The predicted molar refractivity (Wildman–Crippen MR) is 62.1 cm³/mol. The number of nitrogens with zero attached hydrogens (tertiary/aromatic N) is 2. The number of hydrogen-bond acceptors (Lipinski definition) is 2. The van der Waals surface area contributed by atoms with Crippen LogP contribution in [0.5, 0.6) is 0 Å². The maximum atomic E-state index is 6.19. The van der Waals surface area contributed by atoms with E-state index in [1.165, 1.54) is 37.8 Å². The van der Waals surface area contributed by atoms with Crippen LogP contribution in [0.3, 0.4) is 0 Å². The Balaban J connectivity index is 2.19. The molecule has 84 valence electrons. The molecule has 2 N–H and O–H groups in total. The molecule has 0 unspecified atom stereocenters. The second kappa shape index (κ2) is 4.99. The smallest absolute Gasteiger partial charge is 0.0820 e. The first-order valence-electron chi connectivity index (χ1n) is 5.74. The maximum Gasteiger partial charge on any atom is 0.0820 e. The third-order valence-electron chi connectivity index (χ3n) is 3.17. The van der Waals surface area contributed by atoms with Crippen molar-refractivity contribution in [3.8, 4) is 0 Å². The van der Waals surface area contributed by atoms with Gasteiger partial charge >= 0.3 is 0 Å². The molecule has 15 heavy (non-hydrogen) atoms. The zero-order valence-corrected chi connectivity index (χ0v) is 9.71. The van der Waals surface area contributed by atoms with Gasteiger partial charge in [-0.25, -0.2) is 0 Å². The third kappa shape index (κ3) is 2.34. The van der Waals surface area contributed by atoms with Crippen molar-refractivity contribution in [1.82, 2.24) is 9.78 Å². The summed E-state index contributed by atoms with van der Waals surface area (Å²) in [6.45, 7) is 1.40. The fraction of sp³-hybridized carbons (Fsp3) is 0.727. The van der Waals surface area contributed by atoms with Crippen molar-refractivity contribution in [1.29, 1.82) is 0 Å². The lowest BCUT2D eigenvalue weighted by molar-refractivity contribution is 0.416. The van der Waals surface area contributed by atoms with Gasteiger partial charge < -0.3 is 5.73 Å². The summed E-state index contributed by atoms with van der Waals surface area (Å²) in [5, 5.41) is 5.10. The molecule has 4 heteroatoms. The highest BCUT2D eigenvalue weighted by molar-refractivity contribution is 6.31. The Labute approximate surface area is 95.6 Å². The van der Waals surface area contributed by atoms with Gasteiger partial charge in [-0.1, -0.05) is 30.9 Å². The predicted octanol–water partition coefficient (Wildman–Crippen LogP) is 2.54. The molecule has 0 saturated heterocycles. The molecule has 1 aromatic rings. The average Bonchev–Trinajstić information content (AvgIpc) is 2.62. The van der Waals surface area contributed by atoms with E-state index in [1.807, 2.05) is 4.68 Å². The Morgan fingerprint density at radius 3 is 2.80 bits per heavy atom. The number of halogens is 1. The van der Waals surface area contributed by atoms with Gasteiger partial charge in [0, 0.05) is 12.5 Å². The second-order valence-corrected chi connectivity index (χ2v) is 4.63. The monoisotopic (exact) mass is 227 g/mol. The van der Waals surface area contributed by atoms with E-state index in [9.17, 15) is 0 Å². The van der Waals surface area contributed by atoms with Crippen LogP contribution in [-0.2, 0) is 6.54 Å². The molecule has 1 heterocycles. The van der Waals surface area contributed by atoms with E-state index < -0.39 is 0 Å². The van der Waals surface area contributed by atoms with Crippen LogP contribution in [0.15, 0.2) is 6.20 Å². The lowest BCUT2D eigenvalue weighted by atomic mass is 9.87. The summed E-state index contributed by atoms with van der Waals surface area (Å²) in [7, 11) is 0. The molecule has 0 atom stereocenters. The minimum Gasteiger partial charge on any atom is -0.329 e. The molecule has 1 aliphatic rings. The number of hydrogen-bond donors (Lipinski definition) is 1. The lowest BCUT2D eigenvalue weighted by Crippen LogP contribution is -2.17. The first-order chi connectivity index (χ1) is 7.33. The number of aromatic nitrogens is 2. The highest BCUT2D eigenvalue weighted by atomic mass is 35.5. The van der Waals surface area contributed by atoms with Crippen LogP contribution in [0.4, 0.5) is 0 Å². The zero-order chi connectivity index (χ0) is 10.7. The van der Waals surface area contributed by atoms with E-state index >= 15 is 0 Å². The molecular weight excluding hydrogens is 210 g/mol. The lowest BCUT2D eigenvalue weighted by Gasteiger charge is -2.22. The van der Waals surface area contributed by atoms with Gasteiger partial charge in [-0.2, -0.15) is 5.10 Å². The van der Waals surface area contributed by atoms with Gasteiger partial charge in [0.15, 0.2) is 0 Å². The largest absolute Gasteiger partial charge is 0.329 e. The van der Waals surface area contributed by atoms with Gasteiger partial charge in [0.25, 0.3) is 0 Å². The molecule has 0 aromatic carbocycles.